The molecular formula is C14H21N3O3. The van der Waals surface area contributed by atoms with Crippen LogP contribution in [0.3, 0.4) is 0 Å². The van der Waals surface area contributed by atoms with Crippen LogP contribution in [0.15, 0.2) is 18.2 Å². The highest BCUT2D eigenvalue weighted by atomic mass is 16.6. The average Bonchev–Trinajstić information content (AvgIpc) is 2.43. The number of unbranched alkanes of at least 4 members (excludes halogenated alkanes) is 2. The van der Waals surface area contributed by atoms with Gasteiger partial charge in [0, 0.05) is 23.7 Å². The molecule has 0 unspecified atom stereocenters. The van der Waals surface area contributed by atoms with Gasteiger partial charge in [-0.3, -0.25) is 14.9 Å². The minimum Gasteiger partial charge on any atom is -0.330 e. The Bertz CT molecular complexity index is 475. The number of carbonyl (C=O) groups excluding carboxylic acids is 1. The molecule has 6 heteroatoms. The summed E-state index contributed by atoms with van der Waals surface area (Å²) in [7, 11) is 0. The molecule has 0 saturated carbocycles. The third-order valence-corrected chi connectivity index (χ3v) is 3.05. The lowest BCUT2D eigenvalue weighted by Gasteiger charge is -2.07. The number of nitrogens with two attached hydrogens (primary N) is 1. The van der Waals surface area contributed by atoms with Crippen molar-refractivity contribution in [2.45, 2.75) is 39.0 Å². The number of carbonyl (C=O) groups is 1. The molecule has 0 aliphatic rings. The molecule has 0 aromatic heterocycles. The van der Waals surface area contributed by atoms with Crippen LogP contribution in [0.4, 0.5) is 11.4 Å². The zero-order chi connectivity index (χ0) is 15.0. The van der Waals surface area contributed by atoms with Gasteiger partial charge in [-0.15, -0.1) is 0 Å². The highest BCUT2D eigenvalue weighted by molar-refractivity contribution is 5.91. The maximum Gasteiger partial charge on any atom is 0.274 e. The van der Waals surface area contributed by atoms with Gasteiger partial charge in [0.2, 0.25) is 5.91 Å². The number of amides is 1. The molecule has 0 bridgehead atoms. The number of rotatable bonds is 8. The Morgan fingerprint density at radius 2 is 2.10 bits per heavy atom. The van der Waals surface area contributed by atoms with Gasteiger partial charge in [0.25, 0.3) is 5.69 Å². The van der Waals surface area contributed by atoms with Gasteiger partial charge in [0.15, 0.2) is 0 Å². The fraction of sp³-hybridized carbons (Fsp3) is 0.500. The molecule has 0 fully saturated rings. The van der Waals surface area contributed by atoms with Crippen molar-refractivity contribution in [3.8, 4) is 0 Å². The third kappa shape index (κ3) is 4.97. The van der Waals surface area contributed by atoms with Crippen molar-refractivity contribution in [1.29, 1.82) is 0 Å². The number of benzene rings is 1. The van der Waals surface area contributed by atoms with Crippen LogP contribution in [-0.2, 0) is 11.2 Å². The minimum absolute atomic E-state index is 0.0495. The normalized spacial score (nSPS) is 10.3. The Kier molecular flexibility index (Phi) is 6.66. The van der Waals surface area contributed by atoms with Crippen molar-refractivity contribution >= 4 is 17.3 Å². The molecule has 0 atom stereocenters. The van der Waals surface area contributed by atoms with E-state index in [1.807, 2.05) is 6.92 Å². The number of aryl methyl sites for hydroxylation is 1. The van der Waals surface area contributed by atoms with Crippen LogP contribution in [0, 0.1) is 10.1 Å². The van der Waals surface area contributed by atoms with E-state index in [2.05, 4.69) is 5.32 Å². The Hall–Kier alpha value is -1.95. The molecule has 3 N–H and O–H groups in total. The van der Waals surface area contributed by atoms with Crippen LogP contribution < -0.4 is 11.1 Å². The summed E-state index contributed by atoms with van der Waals surface area (Å²) in [4.78, 5) is 22.2. The third-order valence-electron chi connectivity index (χ3n) is 3.05. The van der Waals surface area contributed by atoms with E-state index in [0.717, 1.165) is 19.3 Å². The molecule has 0 spiro atoms. The number of nitrogens with zero attached hydrogens (tertiary/aromatic N) is 1. The Balaban J connectivity index is 2.61. The molecule has 0 heterocycles. The highest BCUT2D eigenvalue weighted by Gasteiger charge is 2.13. The predicted octanol–water partition coefficient (Wildman–Crippen LogP) is 2.61. The predicted molar refractivity (Wildman–Crippen MR) is 78.6 cm³/mol. The van der Waals surface area contributed by atoms with Gasteiger partial charge >= 0.3 is 0 Å². The summed E-state index contributed by atoms with van der Waals surface area (Å²) in [6, 6.07) is 4.79. The Morgan fingerprint density at radius 3 is 2.70 bits per heavy atom. The smallest absolute Gasteiger partial charge is 0.274 e. The van der Waals surface area contributed by atoms with Crippen molar-refractivity contribution in [1.82, 2.24) is 0 Å². The quantitative estimate of drug-likeness (QED) is 0.434. The van der Waals surface area contributed by atoms with Crippen molar-refractivity contribution in [2.24, 2.45) is 5.73 Å². The summed E-state index contributed by atoms with van der Waals surface area (Å²) in [5.41, 5.74) is 6.56. The molecule has 20 heavy (non-hydrogen) atoms. The number of hydrogen-bond acceptors (Lipinski definition) is 4. The van der Waals surface area contributed by atoms with E-state index >= 15 is 0 Å². The lowest BCUT2D eigenvalue weighted by molar-refractivity contribution is -0.385. The van der Waals surface area contributed by atoms with Gasteiger partial charge in [-0.05, 0) is 31.9 Å². The molecule has 0 saturated heterocycles. The first-order chi connectivity index (χ1) is 9.58. The molecule has 0 aliphatic carbocycles. The topological polar surface area (TPSA) is 98.3 Å². The van der Waals surface area contributed by atoms with Crippen LogP contribution in [0.25, 0.3) is 0 Å². The highest BCUT2D eigenvalue weighted by Crippen LogP contribution is 2.23. The molecule has 0 aliphatic heterocycles. The van der Waals surface area contributed by atoms with E-state index in [-0.39, 0.29) is 11.6 Å². The summed E-state index contributed by atoms with van der Waals surface area (Å²) in [5, 5.41) is 13.6. The maximum absolute atomic E-state index is 11.7. The zero-order valence-electron chi connectivity index (χ0n) is 11.7. The van der Waals surface area contributed by atoms with E-state index in [1.165, 1.54) is 6.07 Å². The molecule has 1 aromatic rings. The standard InChI is InChI=1S/C14H21N3O3/c1-2-11-7-8-12(10-13(11)17(19)20)16-14(18)6-4-3-5-9-15/h7-8,10H,2-6,9,15H2,1H3,(H,16,18). The first-order valence-corrected chi connectivity index (χ1v) is 6.85. The SMILES string of the molecule is CCc1ccc(NC(=O)CCCCCN)cc1[N+](=O)[O-]. The fourth-order valence-corrected chi connectivity index (χ4v) is 1.94. The molecule has 1 rings (SSSR count). The van der Waals surface area contributed by atoms with Crippen LogP contribution in [0.1, 0.15) is 38.2 Å². The summed E-state index contributed by atoms with van der Waals surface area (Å²) in [6.07, 6.45) is 3.59. The lowest BCUT2D eigenvalue weighted by atomic mass is 10.1. The van der Waals surface area contributed by atoms with Gasteiger partial charge in [-0.1, -0.05) is 19.4 Å². The Labute approximate surface area is 118 Å². The van der Waals surface area contributed by atoms with Crippen LogP contribution in [-0.4, -0.2) is 17.4 Å². The summed E-state index contributed by atoms with van der Waals surface area (Å²) < 4.78 is 0. The first kappa shape index (κ1) is 16.1. The van der Waals surface area contributed by atoms with E-state index in [9.17, 15) is 14.9 Å². The fourth-order valence-electron chi connectivity index (χ4n) is 1.94. The molecule has 110 valence electrons. The molecule has 1 amide bonds. The second-order valence-corrected chi connectivity index (χ2v) is 4.60. The first-order valence-electron chi connectivity index (χ1n) is 6.85. The van der Waals surface area contributed by atoms with E-state index < -0.39 is 4.92 Å². The van der Waals surface area contributed by atoms with Gasteiger partial charge in [0.05, 0.1) is 4.92 Å². The summed E-state index contributed by atoms with van der Waals surface area (Å²) >= 11 is 0. The van der Waals surface area contributed by atoms with Crippen LogP contribution in [0.2, 0.25) is 0 Å². The van der Waals surface area contributed by atoms with E-state index in [4.69, 9.17) is 5.73 Å². The van der Waals surface area contributed by atoms with Crippen LogP contribution in [0.5, 0.6) is 0 Å². The Morgan fingerprint density at radius 1 is 1.35 bits per heavy atom. The largest absolute Gasteiger partial charge is 0.330 e. The minimum atomic E-state index is -0.421. The van der Waals surface area contributed by atoms with Crippen molar-refractivity contribution in [3.63, 3.8) is 0 Å². The van der Waals surface area contributed by atoms with Gasteiger partial charge in [-0.25, -0.2) is 0 Å². The molecular weight excluding hydrogens is 258 g/mol. The number of hydrogen-bond donors (Lipinski definition) is 2. The lowest BCUT2D eigenvalue weighted by Crippen LogP contribution is -2.11. The second kappa shape index (κ2) is 8.27. The molecule has 1 aromatic carbocycles. The van der Waals surface area contributed by atoms with Crippen LogP contribution >= 0.6 is 0 Å². The van der Waals surface area contributed by atoms with Gasteiger partial charge in [0.1, 0.15) is 0 Å². The maximum atomic E-state index is 11.7. The molecule has 0 radical (unpaired) electrons. The average molecular weight is 279 g/mol. The number of nitrogens with one attached hydrogen (secondary N) is 1. The van der Waals surface area contributed by atoms with E-state index in [0.29, 0.717) is 30.6 Å². The zero-order valence-corrected chi connectivity index (χ0v) is 11.7. The van der Waals surface area contributed by atoms with E-state index in [1.54, 1.807) is 12.1 Å². The summed E-state index contributed by atoms with van der Waals surface area (Å²) in [6.45, 7) is 2.49. The number of nitro groups is 1. The van der Waals surface area contributed by atoms with Crippen molar-refractivity contribution < 1.29 is 9.72 Å². The summed E-state index contributed by atoms with van der Waals surface area (Å²) in [5.74, 6) is -0.124. The number of anilines is 1. The van der Waals surface area contributed by atoms with Gasteiger partial charge < -0.3 is 11.1 Å². The monoisotopic (exact) mass is 279 g/mol. The second-order valence-electron chi connectivity index (χ2n) is 4.60. The van der Waals surface area contributed by atoms with Gasteiger partial charge in [-0.2, -0.15) is 0 Å². The van der Waals surface area contributed by atoms with Crippen molar-refractivity contribution in [3.05, 3.63) is 33.9 Å². The number of nitro benzene ring substituents is 1. The molecule has 6 nitrogen and oxygen atoms in total. The van der Waals surface area contributed by atoms with Crippen molar-refractivity contribution in [2.75, 3.05) is 11.9 Å².